The van der Waals surface area contributed by atoms with Gasteiger partial charge in [0.2, 0.25) is 0 Å². The van der Waals surface area contributed by atoms with Crippen molar-refractivity contribution < 1.29 is 36.9 Å². The van der Waals surface area contributed by atoms with Crippen molar-refractivity contribution in [2.75, 3.05) is 0 Å². The van der Waals surface area contributed by atoms with Gasteiger partial charge >= 0.3 is 0 Å². The van der Waals surface area contributed by atoms with Crippen molar-refractivity contribution in [1.29, 1.82) is 0 Å². The molecule has 0 amide bonds. The van der Waals surface area contributed by atoms with E-state index in [4.69, 9.17) is 20.4 Å². The third kappa shape index (κ3) is 9.82. The standard InChI is InChI=1S/C48H57N2O.C16H18N.Ir/c1-30(2)36-26-32(43-46(7,8)28-48(29-47(43,9)10)24-22-45(5,6)23-25-48)27-37(31(3)4)41(36)50-39-20-13-12-19-38(39)49-44(50)35-18-15-17-34-33-16-11-14-21-40(33)51-42(34)35;1-4-5-15-11-17-16(10-13(15)3)14-8-6-12(2)7-9-14;/h11-17,19-21,26-27,30-31,43H,22-25,28-29H2,1-10H3;6-8,10-11H,4-5H2,1-3H3;/q2*-1;/i43D;2D3,3D3,5D2;. The number of hydrogen-bond donors (Lipinski definition) is 0. The molecule has 0 bridgehead atoms. The van der Waals surface area contributed by atoms with Crippen LogP contribution in [-0.4, -0.2) is 14.5 Å². The number of furan rings is 1. The summed E-state index contributed by atoms with van der Waals surface area (Å²) in [6, 6.07) is 37.7. The Kier molecular flexibility index (Phi) is 11.2. The molecule has 8 aromatic rings. The molecule has 0 unspecified atom stereocenters. The predicted octanol–water partition coefficient (Wildman–Crippen LogP) is 18.3. The van der Waals surface area contributed by atoms with Gasteiger partial charge in [-0.15, -0.1) is 53.6 Å². The summed E-state index contributed by atoms with van der Waals surface area (Å²) < 4.78 is 81.0. The Morgan fingerprint density at radius 2 is 1.49 bits per heavy atom. The number of hydrogen-bond acceptors (Lipinski definition) is 3. The van der Waals surface area contributed by atoms with E-state index in [0.29, 0.717) is 22.1 Å². The molecular weight excluding hydrogens is 1020 g/mol. The van der Waals surface area contributed by atoms with Gasteiger partial charge in [-0.3, -0.25) is 4.98 Å². The first-order valence-corrected chi connectivity index (χ1v) is 24.9. The number of imidazole rings is 1. The topological polar surface area (TPSA) is 43.9 Å². The van der Waals surface area contributed by atoms with Crippen LogP contribution in [0.1, 0.15) is 185 Å². The molecule has 2 fully saturated rings. The summed E-state index contributed by atoms with van der Waals surface area (Å²) in [5.41, 5.74) is 10.6. The molecule has 0 atom stereocenters. The van der Waals surface area contributed by atoms with Crippen LogP contribution in [0, 0.1) is 47.5 Å². The van der Waals surface area contributed by atoms with E-state index < -0.39 is 26.0 Å². The van der Waals surface area contributed by atoms with Crippen molar-refractivity contribution in [2.45, 2.75) is 159 Å². The summed E-state index contributed by atoms with van der Waals surface area (Å²) in [7, 11) is 0. The van der Waals surface area contributed by atoms with Crippen LogP contribution in [0.2, 0.25) is 0 Å². The largest absolute Gasteiger partial charge is 0.501 e. The van der Waals surface area contributed by atoms with Crippen LogP contribution in [0.4, 0.5) is 0 Å². The molecule has 0 aliphatic heterocycles. The van der Waals surface area contributed by atoms with Crippen molar-refractivity contribution in [3.05, 3.63) is 149 Å². The van der Waals surface area contributed by atoms with Crippen LogP contribution in [0.3, 0.4) is 0 Å². The molecule has 0 saturated heterocycles. The molecule has 2 aliphatic rings. The normalized spacial score (nSPS) is 21.7. The number of rotatable bonds is 8. The Morgan fingerprint density at radius 3 is 2.13 bits per heavy atom. The van der Waals surface area contributed by atoms with Gasteiger partial charge in [-0.05, 0) is 137 Å². The van der Waals surface area contributed by atoms with Crippen molar-refractivity contribution in [3.63, 3.8) is 0 Å². The Labute approximate surface area is 440 Å². The molecule has 4 nitrogen and oxygen atoms in total. The van der Waals surface area contributed by atoms with Gasteiger partial charge in [0.15, 0.2) is 0 Å². The number of aryl methyl sites for hydroxylation is 3. The second-order valence-corrected chi connectivity index (χ2v) is 22.6. The molecule has 0 N–H and O–H groups in total. The third-order valence-electron chi connectivity index (χ3n) is 15.1. The summed E-state index contributed by atoms with van der Waals surface area (Å²) in [5, 5.41) is 2.17. The number of fused-ring (bicyclic) bond motifs is 4. The van der Waals surface area contributed by atoms with Gasteiger partial charge in [0, 0.05) is 49.7 Å². The number of benzene rings is 5. The molecule has 69 heavy (non-hydrogen) atoms. The van der Waals surface area contributed by atoms with E-state index in [0.717, 1.165) is 57.2 Å². The number of aromatic nitrogens is 3. The smallest absolute Gasteiger partial charge is 0.120 e. The van der Waals surface area contributed by atoms with Crippen molar-refractivity contribution in [3.8, 4) is 28.3 Å². The summed E-state index contributed by atoms with van der Waals surface area (Å²) in [6.45, 7) is 20.7. The molecule has 3 aromatic heterocycles. The molecule has 1 radical (unpaired) electrons. The minimum atomic E-state index is -2.49. The van der Waals surface area contributed by atoms with Gasteiger partial charge in [0.05, 0.1) is 22.4 Å². The molecule has 1 spiro atoms. The van der Waals surface area contributed by atoms with E-state index in [2.05, 4.69) is 146 Å². The van der Waals surface area contributed by atoms with E-state index in [-0.39, 0.29) is 65.9 Å². The van der Waals surface area contributed by atoms with Gasteiger partial charge in [-0.25, -0.2) is 0 Å². The average Bonchev–Trinajstić information content (AvgIpc) is 3.98. The maximum absolute atomic E-state index is 10.8. The van der Waals surface area contributed by atoms with Crippen molar-refractivity contribution >= 4 is 33.0 Å². The van der Waals surface area contributed by atoms with E-state index >= 15 is 0 Å². The number of para-hydroxylation sites is 3. The van der Waals surface area contributed by atoms with Crippen molar-refractivity contribution in [2.24, 2.45) is 21.7 Å². The molecule has 363 valence electrons. The van der Waals surface area contributed by atoms with Gasteiger partial charge in [-0.2, -0.15) is 0 Å². The monoisotopic (exact) mass is 1100 g/mol. The fourth-order valence-electron chi connectivity index (χ4n) is 12.4. The molecule has 5 heteroatoms. The maximum atomic E-state index is 10.8. The third-order valence-corrected chi connectivity index (χ3v) is 15.1. The van der Waals surface area contributed by atoms with Crippen LogP contribution < -0.4 is 0 Å². The first-order chi connectivity index (χ1) is 35.8. The van der Waals surface area contributed by atoms with Crippen LogP contribution in [-0.2, 0) is 26.5 Å². The van der Waals surface area contributed by atoms with E-state index in [1.165, 1.54) is 78.5 Å². The Morgan fingerprint density at radius 1 is 0.812 bits per heavy atom. The SMILES string of the molecule is [2H]C([2H])([2H])c1c[c-]c(-c2cc(C([2H])([2H])[2H])c(C([2H])([2H])CC)cn2)cc1.[2H]C1(c2cc(C(C)C)c(-n3c(-c4[c-]ccc5c4oc4ccccc45)nc4ccccc43)c(C(C)C)c2)C(C)(C)CC2(CCC(C)(C)CC2)CC1(C)C.[Ir]. The van der Waals surface area contributed by atoms with Crippen LogP contribution >= 0.6 is 0 Å². The van der Waals surface area contributed by atoms with Gasteiger partial charge in [0.1, 0.15) is 5.58 Å². The zero-order valence-corrected chi connectivity index (χ0v) is 44.9. The van der Waals surface area contributed by atoms with Gasteiger partial charge in [-0.1, -0.05) is 154 Å². The summed E-state index contributed by atoms with van der Waals surface area (Å²) >= 11 is 0. The molecule has 2 saturated carbocycles. The van der Waals surface area contributed by atoms with Gasteiger partial charge in [0.25, 0.3) is 0 Å². The van der Waals surface area contributed by atoms with Crippen LogP contribution in [0.5, 0.6) is 0 Å². The fourth-order valence-corrected chi connectivity index (χ4v) is 12.4. The second kappa shape index (κ2) is 19.4. The molecule has 5 aromatic carbocycles. The quantitative estimate of drug-likeness (QED) is 0.142. The van der Waals surface area contributed by atoms with Crippen LogP contribution in [0.25, 0.3) is 61.3 Å². The summed E-state index contributed by atoms with van der Waals surface area (Å²) in [6.07, 6.45) is 6.90. The minimum absolute atomic E-state index is 0. The molecule has 10 rings (SSSR count). The average molecular weight is 1100 g/mol. The molecule has 2 aliphatic carbocycles. The minimum Gasteiger partial charge on any atom is -0.501 e. The zero-order chi connectivity index (χ0) is 56.1. The summed E-state index contributed by atoms with van der Waals surface area (Å²) in [5.74, 6) is 0.511. The summed E-state index contributed by atoms with van der Waals surface area (Å²) in [4.78, 5) is 9.51. The Bertz CT molecular complexity index is 3430. The van der Waals surface area contributed by atoms with Gasteiger partial charge < -0.3 is 14.0 Å². The van der Waals surface area contributed by atoms with Crippen LogP contribution in [0.15, 0.2) is 108 Å². The second-order valence-electron chi connectivity index (χ2n) is 22.6. The zero-order valence-electron chi connectivity index (χ0n) is 51.5. The first kappa shape index (κ1) is 39.8. The Balaban J connectivity index is 0.000000261. The molecular formula is C64H75IrN3O-2. The predicted molar refractivity (Wildman–Crippen MR) is 287 cm³/mol. The van der Waals surface area contributed by atoms with Crippen molar-refractivity contribution in [1.82, 2.24) is 14.5 Å². The first-order valence-electron chi connectivity index (χ1n) is 29.4. The maximum Gasteiger partial charge on any atom is 0.120 e. The van der Waals surface area contributed by atoms with E-state index in [1.807, 2.05) is 18.2 Å². The number of nitrogens with zero attached hydrogens (tertiary/aromatic N) is 3. The molecule has 3 heterocycles. The van der Waals surface area contributed by atoms with E-state index in [1.54, 1.807) is 6.92 Å². The van der Waals surface area contributed by atoms with E-state index in [9.17, 15) is 1.37 Å². The fraction of sp³-hybridized carbons (Fsp3) is 0.438. The Hall–Kier alpha value is -4.83. The number of pyridine rings is 1.